The van der Waals surface area contributed by atoms with E-state index in [9.17, 15) is 5.11 Å². The van der Waals surface area contributed by atoms with E-state index in [1.807, 2.05) is 0 Å². The lowest BCUT2D eigenvalue weighted by Gasteiger charge is -2.41. The maximum absolute atomic E-state index is 9.27. The number of aliphatic hydroxyl groups excluding tert-OH is 1. The van der Waals surface area contributed by atoms with Crippen LogP contribution >= 0.6 is 0 Å². The first-order chi connectivity index (χ1) is 7.82. The Morgan fingerprint density at radius 3 is 1.82 bits per heavy atom. The Balaban J connectivity index is 4.66. The molecule has 17 heavy (non-hydrogen) atoms. The van der Waals surface area contributed by atoms with E-state index in [1.165, 1.54) is 19.3 Å². The molecule has 0 amide bonds. The van der Waals surface area contributed by atoms with Crippen LogP contribution < -0.4 is 0 Å². The lowest BCUT2D eigenvalue weighted by molar-refractivity contribution is 0.0766. The average molecular weight is 242 g/mol. The Morgan fingerprint density at radius 2 is 1.47 bits per heavy atom. The molecular weight excluding hydrogens is 208 g/mol. The molecule has 0 aliphatic rings. The third kappa shape index (κ3) is 4.62. The summed E-state index contributed by atoms with van der Waals surface area (Å²) in [5.74, 6) is 2.57. The van der Waals surface area contributed by atoms with Crippen LogP contribution in [0.4, 0.5) is 0 Å². The molecule has 1 N–H and O–H groups in total. The summed E-state index contributed by atoms with van der Waals surface area (Å²) in [5.41, 5.74) is 0.415. The Hall–Kier alpha value is -0.0400. The van der Waals surface area contributed by atoms with Gasteiger partial charge in [-0.3, -0.25) is 0 Å². The predicted molar refractivity (Wildman–Crippen MR) is 77.0 cm³/mol. The smallest absolute Gasteiger partial charge is 0.0459 e. The molecule has 0 aromatic carbocycles. The normalized spacial score (nSPS) is 22.6. The van der Waals surface area contributed by atoms with Gasteiger partial charge in [0, 0.05) is 6.61 Å². The van der Waals surface area contributed by atoms with Crippen LogP contribution in [0.15, 0.2) is 0 Å². The van der Waals surface area contributed by atoms with E-state index >= 15 is 0 Å². The highest BCUT2D eigenvalue weighted by Gasteiger charge is 2.34. The molecule has 0 saturated heterocycles. The first kappa shape index (κ1) is 17.0. The standard InChI is InChI=1S/C16H34O/c1-8-12(3)15(6)16(7,9-2)10-13(4)14(5)11-17/h12-15,17H,8-11H2,1-7H3. The van der Waals surface area contributed by atoms with Crippen molar-refractivity contribution in [3.8, 4) is 0 Å². The quantitative estimate of drug-likeness (QED) is 0.652. The third-order valence-corrected chi connectivity index (χ3v) is 5.45. The Labute approximate surface area is 109 Å². The van der Waals surface area contributed by atoms with E-state index in [0.29, 0.717) is 23.9 Å². The van der Waals surface area contributed by atoms with Gasteiger partial charge in [0.25, 0.3) is 0 Å². The van der Waals surface area contributed by atoms with Crippen molar-refractivity contribution in [1.29, 1.82) is 0 Å². The molecule has 0 bridgehead atoms. The molecule has 0 aromatic heterocycles. The summed E-state index contributed by atoms with van der Waals surface area (Å²) in [6, 6.07) is 0. The largest absolute Gasteiger partial charge is 0.396 e. The second-order valence-electron chi connectivity index (χ2n) is 6.52. The number of hydrogen-bond acceptors (Lipinski definition) is 1. The van der Waals surface area contributed by atoms with Gasteiger partial charge in [-0.25, -0.2) is 0 Å². The second kappa shape index (κ2) is 7.41. The number of rotatable bonds is 8. The maximum Gasteiger partial charge on any atom is 0.0459 e. The highest BCUT2D eigenvalue weighted by Crippen LogP contribution is 2.43. The summed E-state index contributed by atoms with van der Waals surface area (Å²) in [4.78, 5) is 0. The van der Waals surface area contributed by atoms with Gasteiger partial charge in [-0.05, 0) is 35.5 Å². The Bertz CT molecular complexity index is 202. The molecule has 0 fully saturated rings. The monoisotopic (exact) mass is 242 g/mol. The van der Waals surface area contributed by atoms with Gasteiger partial charge in [0.05, 0.1) is 0 Å². The molecule has 0 aliphatic carbocycles. The molecule has 0 radical (unpaired) electrons. The minimum Gasteiger partial charge on any atom is -0.396 e. The maximum atomic E-state index is 9.27. The van der Waals surface area contributed by atoms with Crippen LogP contribution in [0.25, 0.3) is 0 Å². The van der Waals surface area contributed by atoms with Crippen molar-refractivity contribution in [1.82, 2.24) is 0 Å². The van der Waals surface area contributed by atoms with Crippen LogP contribution in [-0.2, 0) is 0 Å². The summed E-state index contributed by atoms with van der Waals surface area (Å²) in [7, 11) is 0. The lowest BCUT2D eigenvalue weighted by Crippen LogP contribution is -2.33. The van der Waals surface area contributed by atoms with E-state index in [2.05, 4.69) is 48.5 Å². The minimum atomic E-state index is 0.318. The Kier molecular flexibility index (Phi) is 7.39. The highest BCUT2D eigenvalue weighted by atomic mass is 16.3. The topological polar surface area (TPSA) is 20.2 Å². The zero-order valence-electron chi connectivity index (χ0n) is 13.1. The fraction of sp³-hybridized carbons (Fsp3) is 1.00. The van der Waals surface area contributed by atoms with E-state index < -0.39 is 0 Å². The summed E-state index contributed by atoms with van der Waals surface area (Å²) in [6.45, 7) is 16.6. The highest BCUT2D eigenvalue weighted by molar-refractivity contribution is 4.84. The SMILES string of the molecule is CCC(C)C(C)C(C)(CC)CC(C)C(C)CO. The van der Waals surface area contributed by atoms with Crippen LogP contribution in [0, 0.1) is 29.1 Å². The van der Waals surface area contributed by atoms with Gasteiger partial charge in [0.15, 0.2) is 0 Å². The van der Waals surface area contributed by atoms with Crippen molar-refractivity contribution in [2.24, 2.45) is 29.1 Å². The van der Waals surface area contributed by atoms with Crippen LogP contribution in [0.3, 0.4) is 0 Å². The first-order valence-corrected chi connectivity index (χ1v) is 7.43. The molecule has 1 heteroatoms. The number of hydrogen-bond donors (Lipinski definition) is 1. The van der Waals surface area contributed by atoms with Gasteiger partial charge in [-0.1, -0.05) is 61.3 Å². The molecule has 0 aliphatic heterocycles. The van der Waals surface area contributed by atoms with Crippen molar-refractivity contribution in [2.45, 2.75) is 67.7 Å². The minimum absolute atomic E-state index is 0.318. The molecule has 1 nitrogen and oxygen atoms in total. The van der Waals surface area contributed by atoms with Gasteiger partial charge in [-0.15, -0.1) is 0 Å². The van der Waals surface area contributed by atoms with Crippen LogP contribution in [0.1, 0.15) is 67.7 Å². The molecule has 0 spiro atoms. The molecule has 104 valence electrons. The zero-order chi connectivity index (χ0) is 13.6. The van der Waals surface area contributed by atoms with E-state index in [4.69, 9.17) is 0 Å². The third-order valence-electron chi connectivity index (χ3n) is 5.45. The van der Waals surface area contributed by atoms with Gasteiger partial charge >= 0.3 is 0 Å². The van der Waals surface area contributed by atoms with E-state index in [1.54, 1.807) is 0 Å². The van der Waals surface area contributed by atoms with Crippen LogP contribution in [0.2, 0.25) is 0 Å². The molecule has 0 saturated carbocycles. The Morgan fingerprint density at radius 1 is 0.941 bits per heavy atom. The summed E-state index contributed by atoms with van der Waals surface area (Å²) < 4.78 is 0. The van der Waals surface area contributed by atoms with Crippen molar-refractivity contribution in [3.63, 3.8) is 0 Å². The van der Waals surface area contributed by atoms with Gasteiger partial charge in [0.1, 0.15) is 0 Å². The van der Waals surface area contributed by atoms with Crippen molar-refractivity contribution in [3.05, 3.63) is 0 Å². The zero-order valence-corrected chi connectivity index (χ0v) is 13.1. The van der Waals surface area contributed by atoms with Crippen LogP contribution in [0.5, 0.6) is 0 Å². The molecule has 5 unspecified atom stereocenters. The first-order valence-electron chi connectivity index (χ1n) is 7.43. The molecular formula is C16H34O. The summed E-state index contributed by atoms with van der Waals surface area (Å²) in [6.07, 6.45) is 3.73. The van der Waals surface area contributed by atoms with E-state index in [-0.39, 0.29) is 0 Å². The molecule has 0 heterocycles. The van der Waals surface area contributed by atoms with Crippen LogP contribution in [-0.4, -0.2) is 11.7 Å². The van der Waals surface area contributed by atoms with Crippen molar-refractivity contribution < 1.29 is 5.11 Å². The fourth-order valence-corrected chi connectivity index (χ4v) is 2.81. The number of aliphatic hydroxyl groups is 1. The summed E-state index contributed by atoms with van der Waals surface area (Å²) in [5, 5.41) is 9.27. The van der Waals surface area contributed by atoms with Gasteiger partial charge in [0.2, 0.25) is 0 Å². The van der Waals surface area contributed by atoms with Crippen molar-refractivity contribution in [2.75, 3.05) is 6.61 Å². The molecule has 0 rings (SSSR count). The lowest BCUT2D eigenvalue weighted by atomic mass is 9.64. The molecule has 5 atom stereocenters. The second-order valence-corrected chi connectivity index (χ2v) is 6.52. The van der Waals surface area contributed by atoms with Crippen molar-refractivity contribution >= 4 is 0 Å². The average Bonchev–Trinajstić information content (AvgIpc) is 2.35. The van der Waals surface area contributed by atoms with E-state index in [0.717, 1.165) is 11.8 Å². The summed E-state index contributed by atoms with van der Waals surface area (Å²) >= 11 is 0. The molecule has 0 aromatic rings. The van der Waals surface area contributed by atoms with Gasteiger partial charge < -0.3 is 5.11 Å². The fourth-order valence-electron chi connectivity index (χ4n) is 2.81. The predicted octanol–water partition coefficient (Wildman–Crippen LogP) is 4.74. The van der Waals surface area contributed by atoms with Gasteiger partial charge in [-0.2, -0.15) is 0 Å².